The maximum absolute atomic E-state index is 13.4. The number of aryl methyl sites for hydroxylation is 3. The van der Waals surface area contributed by atoms with Crippen LogP contribution in [0.1, 0.15) is 69.6 Å². The number of benzene rings is 13. The van der Waals surface area contributed by atoms with Crippen LogP contribution in [0, 0.1) is 20.8 Å². The molecule has 0 unspecified atom stereocenters. The first-order valence-electron chi connectivity index (χ1n) is 45.6. The number of morpholine rings is 4. The summed E-state index contributed by atoms with van der Waals surface area (Å²) in [6.07, 6.45) is 0. The van der Waals surface area contributed by atoms with Crippen molar-refractivity contribution >= 4 is 175 Å². The largest absolute Gasteiger partial charge is 0.399 e. The van der Waals surface area contributed by atoms with Crippen molar-refractivity contribution in [3.63, 3.8) is 0 Å². The molecule has 0 radical (unpaired) electrons. The number of nitrogens with zero attached hydrogens (tertiary/aromatic N) is 8. The van der Waals surface area contributed by atoms with Crippen molar-refractivity contribution in [1.82, 2.24) is 19.6 Å². The third-order valence-electron chi connectivity index (χ3n) is 22.7. The van der Waals surface area contributed by atoms with Gasteiger partial charge in [0.25, 0.3) is 0 Å². The lowest BCUT2D eigenvalue weighted by molar-refractivity contribution is 0.122. The summed E-state index contributed by atoms with van der Waals surface area (Å²) in [5.41, 5.74) is 43.7. The predicted molar refractivity (Wildman–Crippen MR) is 585 cm³/mol. The van der Waals surface area contributed by atoms with Gasteiger partial charge in [-0.1, -0.05) is 290 Å². The van der Waals surface area contributed by atoms with Gasteiger partial charge < -0.3 is 71.5 Å². The number of carbonyl (C=O) groups excluding carboxylic acids is 1. The van der Waals surface area contributed by atoms with Crippen LogP contribution in [0.4, 0.5) is 61.9 Å². The first-order valence-corrected chi connectivity index (χ1v) is 50.3. The number of aromatic nitrogens is 4. The topological polar surface area (TPSA) is 240 Å². The van der Waals surface area contributed by atoms with Crippen molar-refractivity contribution in [3.05, 3.63) is 333 Å². The second-order valence-corrected chi connectivity index (χ2v) is 39.2. The minimum atomic E-state index is -0.323. The smallest absolute Gasteiger partial charge is 0.324 e. The third-order valence-corrected chi connectivity index (χ3v) is 25.1. The Hall–Kier alpha value is -11.1. The second-order valence-electron chi connectivity index (χ2n) is 34.9. The molecule has 13 aromatic carbocycles. The van der Waals surface area contributed by atoms with Crippen LogP contribution in [0.2, 0.25) is 0 Å². The Morgan fingerprint density at radius 2 is 0.748 bits per heavy atom. The molecule has 0 spiro atoms. The fourth-order valence-corrected chi connectivity index (χ4v) is 17.1. The number of carbonyl (C=O) groups is 1. The lowest BCUT2D eigenvalue weighted by atomic mass is 9.92. The zero-order valence-corrected chi connectivity index (χ0v) is 86.5. The van der Waals surface area contributed by atoms with Gasteiger partial charge in [0.2, 0.25) is 0 Å². The standard InChI is InChI=1S/C35H37N5O2.C20H20N2O.C14H19N3.C11H15NO.C10H12BrNO.C10H8BrN.C6H6BrN.C4H8Br2O/c1-24-12-14-26(15-13-24)40-33(23-32(38-40)35(2,3)4)37-34(41)36-31-17-16-28(29-10-5-6-11-30(29)31)25-8-7-9-27(22-25)39-18-20-42-21-19-39;21-20-9-8-17(18-6-1-2-7-19(18)20)15-4-3-5-16(14-15)22-10-12-23-13-11-22;1-10-5-7-11(8-6-10)17-13(15)9-12(16-17)14(2,3)4;1-10-3-2-4-11(9-10)12-5-7-13-8-6-12;11-9-2-1-3-10(8-9)12-4-6-13-7-5-12;11-9-5-6-10(12)8-4-2-1-3-7(8)9;7-5-2-1-3-6(8)4-5;5-1-3-7-4-2-6/h5-17,22-23H,18-21H2,1-4H3,(H2,36,37,41);1-9,14H,10-13,21H2;5-9H,15H2,1-4H3;2-4,9H,5-8H2,1H3;1-3,8H,4-7H2;1-6H,12H2;1-4H,8H2;1-4H2. The number of ether oxygens (including phenoxy) is 5. The van der Waals surface area contributed by atoms with Crippen molar-refractivity contribution < 1.29 is 28.5 Å². The number of halogens is 5. The first kappa shape index (κ1) is 103. The minimum absolute atomic E-state index is 0.0179. The van der Waals surface area contributed by atoms with Gasteiger partial charge in [-0.05, 0) is 186 Å². The highest BCUT2D eigenvalue weighted by atomic mass is 79.9. The average Bonchev–Trinajstić information content (AvgIpc) is 1.47. The van der Waals surface area contributed by atoms with E-state index in [2.05, 4.69) is 329 Å². The molecule has 2 aromatic heterocycles. The molecule has 0 bridgehead atoms. The number of fused-ring (bicyclic) bond motifs is 3. The SMILES string of the molecule is BrCCOCCBr.Brc1cccc(N2CCOCC2)c1.Cc1ccc(-n2nc(C(C)(C)C)cc2N)cc1.Cc1ccc(-n2nc(C(C)(C)C)cc2NC(=O)Nc2ccc(-c3cccc(N4CCOCC4)c3)c3ccccc23)cc1.Cc1cccc(N2CCOCC2)c1.Nc1ccc(-c2cccc(N3CCOCC3)c2)c2ccccc12.Nc1ccc(Br)c2ccccc12.Nc1cccc(Br)c1. The van der Waals surface area contributed by atoms with Gasteiger partial charge in [-0.3, -0.25) is 5.32 Å². The molecule has 0 aliphatic carbocycles. The molecule has 4 aliphatic heterocycles. The normalized spacial score (nSPS) is 13.6. The van der Waals surface area contributed by atoms with Crippen LogP contribution in [-0.2, 0) is 34.5 Å². The Bertz CT molecular complexity index is 6160. The van der Waals surface area contributed by atoms with Crippen LogP contribution >= 0.6 is 79.6 Å². The summed E-state index contributed by atoms with van der Waals surface area (Å²) in [6, 6.07) is 98.5. The Labute approximate surface area is 838 Å². The fourth-order valence-electron chi connectivity index (χ4n) is 15.4. The number of nitrogens with one attached hydrogen (secondary N) is 2. The van der Waals surface area contributed by atoms with E-state index >= 15 is 0 Å². The van der Waals surface area contributed by atoms with Gasteiger partial charge in [0, 0.05) is 155 Å². The van der Waals surface area contributed by atoms with Crippen molar-refractivity contribution in [2.24, 2.45) is 0 Å². The number of amides is 2. The van der Waals surface area contributed by atoms with Gasteiger partial charge in [-0.15, -0.1) is 0 Å². The van der Waals surface area contributed by atoms with E-state index < -0.39 is 0 Å². The first-order chi connectivity index (χ1) is 65.2. The summed E-state index contributed by atoms with van der Waals surface area (Å²) in [4.78, 5) is 22.9. The van der Waals surface area contributed by atoms with E-state index in [-0.39, 0.29) is 16.9 Å². The lowest BCUT2D eigenvalue weighted by Gasteiger charge is -2.29. The molecule has 4 aliphatic rings. The third kappa shape index (κ3) is 30.5. The Morgan fingerprint density at radius 1 is 0.363 bits per heavy atom. The van der Waals surface area contributed by atoms with E-state index in [1.165, 1.54) is 50.4 Å². The molecule has 0 atom stereocenters. The van der Waals surface area contributed by atoms with E-state index in [0.717, 1.165) is 232 Å². The average molecular weight is 2140 g/mol. The highest BCUT2D eigenvalue weighted by Gasteiger charge is 2.25. The number of rotatable bonds is 14. The van der Waals surface area contributed by atoms with Crippen molar-refractivity contribution in [3.8, 4) is 33.6 Å². The summed E-state index contributed by atoms with van der Waals surface area (Å²) < 4.78 is 33.5. The van der Waals surface area contributed by atoms with E-state index in [1.54, 1.807) is 9.36 Å². The zero-order valence-electron chi connectivity index (χ0n) is 78.6. The lowest BCUT2D eigenvalue weighted by Crippen LogP contribution is -2.36. The molecule has 20 nitrogen and oxygen atoms in total. The molecular weight excluding hydrogens is 2010 g/mol. The molecule has 4 fully saturated rings. The summed E-state index contributed by atoms with van der Waals surface area (Å²) in [7, 11) is 0. The van der Waals surface area contributed by atoms with Crippen molar-refractivity contribution in [1.29, 1.82) is 0 Å². The molecule has 15 aromatic rings. The predicted octanol–water partition coefficient (Wildman–Crippen LogP) is 25.9. The van der Waals surface area contributed by atoms with Crippen LogP contribution in [0.3, 0.4) is 0 Å². The number of alkyl halides is 2. The molecule has 706 valence electrons. The van der Waals surface area contributed by atoms with Crippen LogP contribution < -0.4 is 53.2 Å². The van der Waals surface area contributed by atoms with E-state index in [0.29, 0.717) is 11.6 Å². The highest BCUT2D eigenvalue weighted by molar-refractivity contribution is 9.11. The number of nitrogen functional groups attached to an aromatic ring is 4. The number of hydrogen-bond donors (Lipinski definition) is 6. The molecule has 19 rings (SSSR count). The van der Waals surface area contributed by atoms with Gasteiger partial charge in [-0.2, -0.15) is 10.2 Å². The quantitative estimate of drug-likeness (QED) is 0.0337. The Balaban J connectivity index is 0.000000150. The highest BCUT2D eigenvalue weighted by Crippen LogP contribution is 2.39. The van der Waals surface area contributed by atoms with Crippen LogP contribution in [0.15, 0.2) is 305 Å². The van der Waals surface area contributed by atoms with Crippen LogP contribution in [-0.4, -0.2) is 155 Å². The molecule has 25 heteroatoms. The molecule has 6 heterocycles. The number of nitrogens with two attached hydrogens (primary N) is 4. The van der Waals surface area contributed by atoms with Gasteiger partial charge in [0.15, 0.2) is 0 Å². The van der Waals surface area contributed by atoms with E-state index in [9.17, 15) is 4.79 Å². The number of anilines is 10. The van der Waals surface area contributed by atoms with Gasteiger partial charge >= 0.3 is 6.03 Å². The molecule has 2 amide bonds. The van der Waals surface area contributed by atoms with E-state index in [1.807, 2.05) is 140 Å². The Kier molecular flexibility index (Phi) is 39.0. The summed E-state index contributed by atoms with van der Waals surface area (Å²) in [5.74, 6) is 1.29. The van der Waals surface area contributed by atoms with Crippen LogP contribution in [0.25, 0.3) is 65.9 Å². The van der Waals surface area contributed by atoms with Crippen molar-refractivity contribution in [2.45, 2.75) is 73.1 Å². The maximum Gasteiger partial charge on any atom is 0.324 e. The summed E-state index contributed by atoms with van der Waals surface area (Å²) in [6.45, 7) is 34.8. The van der Waals surface area contributed by atoms with Gasteiger partial charge in [0.1, 0.15) is 11.6 Å². The zero-order chi connectivity index (χ0) is 95.8. The molecule has 135 heavy (non-hydrogen) atoms. The number of urea groups is 1. The second kappa shape index (κ2) is 51.2. The minimum Gasteiger partial charge on any atom is -0.399 e. The molecular formula is C110H125Br5N14O6. The van der Waals surface area contributed by atoms with Gasteiger partial charge in [-0.25, -0.2) is 14.2 Å². The molecule has 10 N–H and O–H groups in total. The maximum atomic E-state index is 13.4. The van der Waals surface area contributed by atoms with E-state index in [4.69, 9.17) is 51.7 Å². The molecule has 0 saturated carbocycles. The summed E-state index contributed by atoms with van der Waals surface area (Å²) in [5, 5.41) is 24.1. The molecule has 4 saturated heterocycles. The monoisotopic (exact) mass is 2130 g/mol. The van der Waals surface area contributed by atoms with Crippen molar-refractivity contribution in [2.75, 3.05) is 182 Å². The van der Waals surface area contributed by atoms with Gasteiger partial charge in [0.05, 0.1) is 94.5 Å². The Morgan fingerprint density at radius 3 is 1.19 bits per heavy atom. The van der Waals surface area contributed by atoms with Crippen LogP contribution in [0.5, 0.6) is 0 Å². The summed E-state index contributed by atoms with van der Waals surface area (Å²) >= 11 is 16.7. The number of hydrogen-bond acceptors (Lipinski definition) is 16. The fraction of sp³-hybridized carbons (Fsp3) is 0.282.